The largest absolute Gasteiger partial charge is 0.487 e. The Kier molecular flexibility index (Phi) is 4.41. The molecule has 2 aromatic heterocycles. The number of aromatic nitrogens is 2. The summed E-state index contributed by atoms with van der Waals surface area (Å²) in [5.74, 6) is 4.43. The van der Waals surface area contributed by atoms with E-state index in [1.807, 2.05) is 30.5 Å². The van der Waals surface area contributed by atoms with Gasteiger partial charge < -0.3 is 4.74 Å². The van der Waals surface area contributed by atoms with E-state index in [9.17, 15) is 0 Å². The average Bonchev–Trinajstić information content (AvgIpc) is 2.79. The molecule has 1 aromatic carbocycles. The highest BCUT2D eigenvalue weighted by Gasteiger charge is 2.56. The molecular weight excluding hydrogens is 380 g/mol. The molecule has 3 aromatic rings. The van der Waals surface area contributed by atoms with Gasteiger partial charge in [0.1, 0.15) is 11.4 Å². The minimum Gasteiger partial charge on any atom is -0.487 e. The van der Waals surface area contributed by atoms with Crippen molar-refractivity contribution in [2.24, 2.45) is 23.7 Å². The molecular formula is C28H30N2O. The Hall–Kier alpha value is -2.68. The molecule has 0 atom stereocenters. The molecule has 31 heavy (non-hydrogen) atoms. The van der Waals surface area contributed by atoms with E-state index in [0.29, 0.717) is 0 Å². The summed E-state index contributed by atoms with van der Waals surface area (Å²) in [7, 11) is 0. The lowest BCUT2D eigenvalue weighted by molar-refractivity contribution is -0.145. The third kappa shape index (κ3) is 3.26. The lowest BCUT2D eigenvalue weighted by Gasteiger charge is -2.59. The number of aryl methyl sites for hydroxylation is 1. The van der Waals surface area contributed by atoms with Crippen molar-refractivity contribution < 1.29 is 4.74 Å². The van der Waals surface area contributed by atoms with E-state index >= 15 is 0 Å². The minimum absolute atomic E-state index is 0.00554. The van der Waals surface area contributed by atoms with Crippen LogP contribution in [0.4, 0.5) is 0 Å². The molecule has 4 aliphatic rings. The summed E-state index contributed by atoms with van der Waals surface area (Å²) >= 11 is 0. The van der Waals surface area contributed by atoms with Crippen molar-refractivity contribution >= 4 is 0 Å². The van der Waals surface area contributed by atoms with E-state index in [2.05, 4.69) is 48.1 Å². The average molecular weight is 411 g/mol. The van der Waals surface area contributed by atoms with Crippen LogP contribution in [0.3, 0.4) is 0 Å². The van der Waals surface area contributed by atoms with Crippen LogP contribution in [0.15, 0.2) is 60.9 Å². The van der Waals surface area contributed by atoms with Gasteiger partial charge in [0, 0.05) is 18.0 Å². The smallest absolute Gasteiger partial charge is 0.123 e. The molecule has 4 aliphatic carbocycles. The number of hydrogen-bond donors (Lipinski definition) is 0. The Morgan fingerprint density at radius 1 is 0.806 bits per heavy atom. The van der Waals surface area contributed by atoms with Crippen molar-refractivity contribution in [2.75, 3.05) is 0 Å². The fourth-order valence-corrected chi connectivity index (χ4v) is 6.70. The van der Waals surface area contributed by atoms with Gasteiger partial charge in [0.15, 0.2) is 0 Å². The van der Waals surface area contributed by atoms with Crippen molar-refractivity contribution in [1.82, 2.24) is 9.97 Å². The highest BCUT2D eigenvalue weighted by atomic mass is 16.5. The second-order valence-electron chi connectivity index (χ2n) is 10.2. The summed E-state index contributed by atoms with van der Waals surface area (Å²) in [6, 6.07) is 16.7. The van der Waals surface area contributed by atoms with E-state index in [4.69, 9.17) is 4.74 Å². The van der Waals surface area contributed by atoms with Crippen molar-refractivity contribution in [3.8, 4) is 28.3 Å². The molecule has 0 saturated heterocycles. The Balaban J connectivity index is 1.23. The molecule has 0 radical (unpaired) electrons. The third-order valence-electron chi connectivity index (χ3n) is 8.29. The zero-order valence-electron chi connectivity index (χ0n) is 18.4. The summed E-state index contributed by atoms with van der Waals surface area (Å²) in [4.78, 5) is 9.03. The summed E-state index contributed by atoms with van der Waals surface area (Å²) < 4.78 is 6.85. The molecule has 0 unspecified atom stereocenters. The Morgan fingerprint density at radius 3 is 2.13 bits per heavy atom. The molecule has 2 heterocycles. The van der Waals surface area contributed by atoms with Crippen LogP contribution in [0.1, 0.15) is 44.6 Å². The second kappa shape index (κ2) is 7.19. The SMILES string of the molecule is Cc1cc(-c2ccc(-c3ccccn3)nc2)ccc1OC1(C)C2CC3CC(C2)CC1C3. The van der Waals surface area contributed by atoms with Crippen molar-refractivity contribution in [3.05, 3.63) is 66.5 Å². The van der Waals surface area contributed by atoms with Crippen LogP contribution < -0.4 is 4.74 Å². The number of hydrogen-bond acceptors (Lipinski definition) is 3. The van der Waals surface area contributed by atoms with Gasteiger partial charge in [0.2, 0.25) is 0 Å². The number of ether oxygens (including phenoxy) is 1. The van der Waals surface area contributed by atoms with Crippen LogP contribution in [-0.2, 0) is 0 Å². The monoisotopic (exact) mass is 410 g/mol. The predicted octanol–water partition coefficient (Wildman–Crippen LogP) is 6.71. The van der Waals surface area contributed by atoms with Crippen molar-refractivity contribution in [2.45, 2.75) is 51.6 Å². The van der Waals surface area contributed by atoms with Gasteiger partial charge >= 0.3 is 0 Å². The maximum atomic E-state index is 6.85. The number of rotatable bonds is 4. The lowest BCUT2D eigenvalue weighted by atomic mass is 9.50. The van der Waals surface area contributed by atoms with Gasteiger partial charge in [-0.05, 0) is 111 Å². The topological polar surface area (TPSA) is 35.0 Å². The van der Waals surface area contributed by atoms with Gasteiger partial charge in [-0.25, -0.2) is 0 Å². The molecule has 0 amide bonds. The van der Waals surface area contributed by atoms with Gasteiger partial charge in [-0.2, -0.15) is 0 Å². The highest BCUT2D eigenvalue weighted by Crippen LogP contribution is 2.59. The third-order valence-corrected chi connectivity index (χ3v) is 8.29. The van der Waals surface area contributed by atoms with E-state index in [-0.39, 0.29) is 5.60 Å². The first-order chi connectivity index (χ1) is 15.1. The molecule has 4 bridgehead atoms. The van der Waals surface area contributed by atoms with E-state index in [1.54, 1.807) is 6.20 Å². The lowest BCUT2D eigenvalue weighted by Crippen LogP contribution is -2.59. The molecule has 0 N–H and O–H groups in total. The Labute approximate surface area is 184 Å². The first-order valence-electron chi connectivity index (χ1n) is 11.8. The van der Waals surface area contributed by atoms with Gasteiger partial charge in [0.25, 0.3) is 0 Å². The summed E-state index contributed by atoms with van der Waals surface area (Å²) in [6.45, 7) is 4.57. The standard InChI is InChI=1S/C28H30N2O/c1-18-11-21(22-6-8-26(30-17-22)25-5-3-4-10-29-25)7-9-27(18)31-28(2)23-13-19-12-20(15-23)16-24(28)14-19/h3-11,17,19-20,23-24H,12-16H2,1-2H3. The number of pyridine rings is 2. The molecule has 0 spiro atoms. The van der Waals surface area contributed by atoms with Crippen LogP contribution >= 0.6 is 0 Å². The highest BCUT2D eigenvalue weighted by molar-refractivity contribution is 5.67. The Morgan fingerprint density at radius 2 is 1.52 bits per heavy atom. The van der Waals surface area contributed by atoms with Gasteiger partial charge in [-0.3, -0.25) is 9.97 Å². The van der Waals surface area contributed by atoms with Crippen LogP contribution in [0.25, 0.3) is 22.5 Å². The second-order valence-corrected chi connectivity index (χ2v) is 10.2. The molecule has 4 fully saturated rings. The fourth-order valence-electron chi connectivity index (χ4n) is 6.70. The van der Waals surface area contributed by atoms with Crippen LogP contribution in [0.5, 0.6) is 5.75 Å². The van der Waals surface area contributed by atoms with Crippen molar-refractivity contribution in [1.29, 1.82) is 0 Å². The maximum Gasteiger partial charge on any atom is 0.123 e. The number of benzene rings is 1. The van der Waals surface area contributed by atoms with Crippen LogP contribution in [0, 0.1) is 30.6 Å². The maximum absolute atomic E-state index is 6.85. The van der Waals surface area contributed by atoms with Crippen LogP contribution in [-0.4, -0.2) is 15.6 Å². The molecule has 158 valence electrons. The quantitative estimate of drug-likeness (QED) is 0.479. The van der Waals surface area contributed by atoms with Crippen molar-refractivity contribution in [3.63, 3.8) is 0 Å². The number of nitrogens with zero attached hydrogens (tertiary/aromatic N) is 2. The predicted molar refractivity (Wildman–Crippen MR) is 124 cm³/mol. The summed E-state index contributed by atoms with van der Waals surface area (Å²) in [5, 5.41) is 0. The van der Waals surface area contributed by atoms with Gasteiger partial charge in [0.05, 0.1) is 11.4 Å². The van der Waals surface area contributed by atoms with Gasteiger partial charge in [-0.1, -0.05) is 18.2 Å². The van der Waals surface area contributed by atoms with E-state index < -0.39 is 0 Å². The molecule has 7 rings (SSSR count). The minimum atomic E-state index is 0.00554. The Bertz CT molecular complexity index is 1060. The molecule has 0 aliphatic heterocycles. The molecule has 3 nitrogen and oxygen atoms in total. The zero-order valence-corrected chi connectivity index (χ0v) is 18.4. The summed E-state index contributed by atoms with van der Waals surface area (Å²) in [5.41, 5.74) is 5.32. The molecule has 3 heteroatoms. The van der Waals surface area contributed by atoms with Crippen LogP contribution in [0.2, 0.25) is 0 Å². The molecule has 4 saturated carbocycles. The normalized spacial score (nSPS) is 31.0. The fraction of sp³-hybridized carbons (Fsp3) is 0.429. The summed E-state index contributed by atoms with van der Waals surface area (Å²) in [6.07, 6.45) is 10.7. The first-order valence-corrected chi connectivity index (χ1v) is 11.8. The zero-order chi connectivity index (χ0) is 21.0. The van der Waals surface area contributed by atoms with E-state index in [1.165, 1.54) is 43.2 Å². The van der Waals surface area contributed by atoms with Gasteiger partial charge in [-0.15, -0.1) is 0 Å². The first kappa shape index (κ1) is 19.0. The van der Waals surface area contributed by atoms with E-state index in [0.717, 1.165) is 46.4 Å².